The molecule has 132 valence electrons. The highest BCUT2D eigenvalue weighted by molar-refractivity contribution is 9.10. The van der Waals surface area contributed by atoms with Crippen LogP contribution in [0.3, 0.4) is 0 Å². The van der Waals surface area contributed by atoms with Gasteiger partial charge in [0.25, 0.3) is 5.91 Å². The molecule has 3 N–H and O–H groups in total. The zero-order chi connectivity index (χ0) is 18.2. The summed E-state index contributed by atoms with van der Waals surface area (Å²) < 4.78 is 6.46. The Labute approximate surface area is 155 Å². The van der Waals surface area contributed by atoms with Gasteiger partial charge in [0.1, 0.15) is 11.5 Å². The molecule has 0 unspecified atom stereocenters. The zero-order valence-electron chi connectivity index (χ0n) is 14.0. The number of hydrazone groups is 1. The predicted octanol–water partition coefficient (Wildman–Crippen LogP) is 3.50. The maximum atomic E-state index is 11.8. The molecule has 0 bridgehead atoms. The molecule has 0 heterocycles. The predicted molar refractivity (Wildman–Crippen MR) is 102 cm³/mol. The van der Waals surface area contributed by atoms with Gasteiger partial charge in [-0.2, -0.15) is 5.10 Å². The van der Waals surface area contributed by atoms with Crippen molar-refractivity contribution in [2.45, 2.75) is 20.0 Å². The fraction of sp³-hybridized carbons (Fsp3) is 0.222. The normalized spacial score (nSPS) is 10.9. The number of phenolic OH excluding ortho intramolecular Hbond substituents is 1. The van der Waals surface area contributed by atoms with E-state index in [-0.39, 0.29) is 24.3 Å². The molecule has 0 radical (unpaired) electrons. The molecule has 25 heavy (non-hydrogen) atoms. The van der Waals surface area contributed by atoms with Gasteiger partial charge in [-0.1, -0.05) is 15.9 Å². The van der Waals surface area contributed by atoms with Crippen molar-refractivity contribution in [3.05, 3.63) is 52.5 Å². The number of hydrogen-bond acceptors (Lipinski definition) is 5. The second-order valence-corrected chi connectivity index (χ2v) is 6.46. The van der Waals surface area contributed by atoms with Crippen LogP contribution in [0, 0.1) is 0 Å². The lowest BCUT2D eigenvalue weighted by Gasteiger charge is -2.10. The topological polar surface area (TPSA) is 83.0 Å². The van der Waals surface area contributed by atoms with Crippen LogP contribution in [0.4, 0.5) is 5.69 Å². The number of nitrogens with one attached hydrogen (secondary N) is 2. The third kappa shape index (κ3) is 6.46. The summed E-state index contributed by atoms with van der Waals surface area (Å²) in [6.45, 7) is 3.90. The van der Waals surface area contributed by atoms with Crippen molar-refractivity contribution < 1.29 is 14.6 Å². The molecule has 0 saturated heterocycles. The van der Waals surface area contributed by atoms with E-state index >= 15 is 0 Å². The fourth-order valence-electron chi connectivity index (χ4n) is 1.94. The number of nitrogens with zero attached hydrogens (tertiary/aromatic N) is 1. The third-order valence-corrected chi connectivity index (χ3v) is 3.59. The van der Waals surface area contributed by atoms with Crippen molar-refractivity contribution in [1.82, 2.24) is 5.43 Å². The molecule has 7 heteroatoms. The summed E-state index contributed by atoms with van der Waals surface area (Å²) >= 11 is 3.35. The number of halogens is 1. The van der Waals surface area contributed by atoms with Crippen LogP contribution in [0.25, 0.3) is 0 Å². The lowest BCUT2D eigenvalue weighted by atomic mass is 10.2. The molecule has 0 atom stereocenters. The van der Waals surface area contributed by atoms with Crippen molar-refractivity contribution >= 4 is 33.7 Å². The molecule has 0 saturated carbocycles. The number of ether oxygens (including phenoxy) is 1. The van der Waals surface area contributed by atoms with Crippen LogP contribution in [0.2, 0.25) is 0 Å². The van der Waals surface area contributed by atoms with Crippen LogP contribution >= 0.6 is 15.9 Å². The van der Waals surface area contributed by atoms with Crippen molar-refractivity contribution in [1.29, 1.82) is 0 Å². The summed E-state index contributed by atoms with van der Waals surface area (Å²) in [5.41, 5.74) is 3.72. The first-order valence-corrected chi connectivity index (χ1v) is 8.54. The summed E-state index contributed by atoms with van der Waals surface area (Å²) in [6, 6.07) is 12.4. The van der Waals surface area contributed by atoms with Gasteiger partial charge in [-0.3, -0.25) is 4.79 Å². The monoisotopic (exact) mass is 405 g/mol. The molecule has 6 nitrogen and oxygen atoms in total. The molecule has 2 aromatic carbocycles. The molecule has 0 spiro atoms. The maximum absolute atomic E-state index is 11.8. The van der Waals surface area contributed by atoms with E-state index in [0.717, 1.165) is 10.2 Å². The highest BCUT2D eigenvalue weighted by atomic mass is 79.9. The number of carbonyl (C=O) groups is 1. The van der Waals surface area contributed by atoms with Crippen molar-refractivity contribution in [3.63, 3.8) is 0 Å². The van der Waals surface area contributed by atoms with E-state index in [9.17, 15) is 9.90 Å². The average Bonchev–Trinajstić information content (AvgIpc) is 2.56. The number of hydrogen-bond donors (Lipinski definition) is 3. The molecule has 0 aromatic heterocycles. The summed E-state index contributed by atoms with van der Waals surface area (Å²) in [4.78, 5) is 11.8. The van der Waals surface area contributed by atoms with Gasteiger partial charge in [-0.15, -0.1) is 0 Å². The van der Waals surface area contributed by atoms with Gasteiger partial charge < -0.3 is 15.2 Å². The first-order valence-electron chi connectivity index (χ1n) is 7.75. The minimum absolute atomic E-state index is 0.0245. The van der Waals surface area contributed by atoms with Gasteiger partial charge in [-0.05, 0) is 50.2 Å². The van der Waals surface area contributed by atoms with E-state index in [0.29, 0.717) is 11.3 Å². The number of benzene rings is 2. The number of anilines is 1. The molecule has 1 amide bonds. The van der Waals surface area contributed by atoms with Crippen LogP contribution in [-0.4, -0.2) is 29.9 Å². The van der Waals surface area contributed by atoms with Crippen LogP contribution in [0.5, 0.6) is 11.5 Å². The van der Waals surface area contributed by atoms with E-state index in [1.165, 1.54) is 12.3 Å². The average molecular weight is 406 g/mol. The molecule has 0 aliphatic heterocycles. The standard InChI is InChI=1S/C18H20BrN3O3/c1-12(2)25-16-8-3-13(17(23)9-16)10-21-22-18(24)11-20-15-6-4-14(19)5-7-15/h3-10,12,20,23H,11H2,1-2H3,(H,22,24)/b21-10-. The molecule has 0 aliphatic rings. The van der Waals surface area contributed by atoms with Crippen LogP contribution in [0.1, 0.15) is 19.4 Å². The lowest BCUT2D eigenvalue weighted by molar-refractivity contribution is -0.119. The van der Waals surface area contributed by atoms with E-state index in [4.69, 9.17) is 4.74 Å². The maximum Gasteiger partial charge on any atom is 0.259 e. The van der Waals surface area contributed by atoms with Crippen LogP contribution < -0.4 is 15.5 Å². The number of carbonyl (C=O) groups excluding carboxylic acids is 1. The third-order valence-electron chi connectivity index (χ3n) is 3.06. The van der Waals surface area contributed by atoms with Gasteiger partial charge in [0, 0.05) is 21.8 Å². The second-order valence-electron chi connectivity index (χ2n) is 5.54. The van der Waals surface area contributed by atoms with Crippen molar-refractivity contribution in [3.8, 4) is 11.5 Å². The van der Waals surface area contributed by atoms with E-state index in [1.54, 1.807) is 12.1 Å². The first kappa shape index (κ1) is 18.8. The van der Waals surface area contributed by atoms with E-state index in [2.05, 4.69) is 31.8 Å². The van der Waals surface area contributed by atoms with Crippen LogP contribution in [-0.2, 0) is 4.79 Å². The summed E-state index contributed by atoms with van der Waals surface area (Å²) in [7, 11) is 0. The molecular formula is C18H20BrN3O3. The Morgan fingerprint density at radius 3 is 2.64 bits per heavy atom. The first-order chi connectivity index (χ1) is 11.9. The summed E-state index contributed by atoms with van der Waals surface area (Å²) in [5.74, 6) is 0.315. The Morgan fingerprint density at radius 2 is 2.00 bits per heavy atom. The number of phenols is 1. The highest BCUT2D eigenvalue weighted by Gasteiger charge is 2.04. The van der Waals surface area contributed by atoms with Crippen molar-refractivity contribution in [2.24, 2.45) is 5.10 Å². The largest absolute Gasteiger partial charge is 0.507 e. The van der Waals surface area contributed by atoms with E-state index < -0.39 is 0 Å². The molecule has 0 aliphatic carbocycles. The number of amides is 1. The van der Waals surface area contributed by atoms with Gasteiger partial charge >= 0.3 is 0 Å². The second kappa shape index (κ2) is 9.08. The Balaban J connectivity index is 1.83. The van der Waals surface area contributed by atoms with Crippen LogP contribution in [0.15, 0.2) is 52.0 Å². The number of aromatic hydroxyl groups is 1. The Hall–Kier alpha value is -2.54. The smallest absolute Gasteiger partial charge is 0.259 e. The van der Waals surface area contributed by atoms with Crippen molar-refractivity contribution in [2.75, 3.05) is 11.9 Å². The van der Waals surface area contributed by atoms with Gasteiger partial charge in [0.15, 0.2) is 0 Å². The van der Waals surface area contributed by atoms with E-state index in [1.807, 2.05) is 38.1 Å². The van der Waals surface area contributed by atoms with Gasteiger partial charge in [0.2, 0.25) is 0 Å². The lowest BCUT2D eigenvalue weighted by Crippen LogP contribution is -2.25. The SMILES string of the molecule is CC(C)Oc1ccc(/C=N\NC(=O)CNc2ccc(Br)cc2)c(O)c1. The molecule has 0 fully saturated rings. The Kier molecular flexibility index (Phi) is 6.82. The molecule has 2 rings (SSSR count). The zero-order valence-corrected chi connectivity index (χ0v) is 15.6. The molecular weight excluding hydrogens is 386 g/mol. The minimum Gasteiger partial charge on any atom is -0.507 e. The quantitative estimate of drug-likeness (QED) is 0.486. The Morgan fingerprint density at radius 1 is 1.28 bits per heavy atom. The highest BCUT2D eigenvalue weighted by Crippen LogP contribution is 2.23. The summed E-state index contributed by atoms with van der Waals surface area (Å²) in [6.07, 6.45) is 1.41. The van der Waals surface area contributed by atoms with Gasteiger partial charge in [0.05, 0.1) is 18.9 Å². The summed E-state index contributed by atoms with van der Waals surface area (Å²) in [5, 5.41) is 16.8. The fourth-order valence-corrected chi connectivity index (χ4v) is 2.21. The minimum atomic E-state index is -0.293. The molecule has 2 aromatic rings. The number of rotatable bonds is 7. The van der Waals surface area contributed by atoms with Gasteiger partial charge in [-0.25, -0.2) is 5.43 Å². The Bertz CT molecular complexity index is 746.